The molecular formula is C13H20BrNO2S. The van der Waals surface area contributed by atoms with Gasteiger partial charge in [0.05, 0.1) is 7.11 Å². The van der Waals surface area contributed by atoms with Crippen LogP contribution in [0, 0.1) is 12.8 Å². The third-order valence-corrected chi connectivity index (χ3v) is 5.21. The van der Waals surface area contributed by atoms with Crippen molar-refractivity contribution in [3.8, 4) is 0 Å². The molecule has 5 heteroatoms. The first-order valence-electron chi connectivity index (χ1n) is 6.05. The zero-order valence-electron chi connectivity index (χ0n) is 11.2. The van der Waals surface area contributed by atoms with E-state index in [0.717, 1.165) is 10.9 Å². The number of thiophene rings is 1. The van der Waals surface area contributed by atoms with Crippen LogP contribution in [0.3, 0.4) is 0 Å². The van der Waals surface area contributed by atoms with Crippen LogP contribution in [0.5, 0.6) is 0 Å². The van der Waals surface area contributed by atoms with Crippen molar-refractivity contribution in [1.82, 2.24) is 5.32 Å². The predicted octanol–water partition coefficient (Wildman–Crippen LogP) is 3.50. The van der Waals surface area contributed by atoms with Crippen LogP contribution in [0.2, 0.25) is 0 Å². The van der Waals surface area contributed by atoms with Crippen molar-refractivity contribution in [3.05, 3.63) is 20.3 Å². The summed E-state index contributed by atoms with van der Waals surface area (Å²) in [6, 6.07) is 1.86. The molecule has 0 aliphatic carbocycles. The third kappa shape index (κ3) is 4.07. The molecule has 102 valence electrons. The largest absolute Gasteiger partial charge is 0.468 e. The van der Waals surface area contributed by atoms with Crippen molar-refractivity contribution >= 4 is 33.2 Å². The lowest BCUT2D eigenvalue weighted by atomic mass is 9.99. The van der Waals surface area contributed by atoms with Crippen LogP contribution >= 0.6 is 27.3 Å². The van der Waals surface area contributed by atoms with Crippen molar-refractivity contribution in [2.75, 3.05) is 7.11 Å². The molecule has 0 spiro atoms. The first kappa shape index (κ1) is 15.7. The molecule has 1 N–H and O–H groups in total. The van der Waals surface area contributed by atoms with Gasteiger partial charge >= 0.3 is 5.97 Å². The summed E-state index contributed by atoms with van der Waals surface area (Å²) in [5.74, 6) is 0.0821. The van der Waals surface area contributed by atoms with Crippen molar-refractivity contribution in [3.63, 3.8) is 0 Å². The van der Waals surface area contributed by atoms with Crippen LogP contribution in [0.1, 0.15) is 30.0 Å². The minimum absolute atomic E-state index is 0.184. The standard InChI is InChI=1S/C13H20BrNO2S/c1-5-8(2)12(13(16)17-4)15-7-10-6-11(14)9(3)18-10/h6,8,12,15H,5,7H2,1-4H3. The number of carbonyl (C=O) groups excluding carboxylic acids is 1. The zero-order chi connectivity index (χ0) is 13.7. The summed E-state index contributed by atoms with van der Waals surface area (Å²) in [5, 5.41) is 3.29. The molecule has 0 aliphatic heterocycles. The summed E-state index contributed by atoms with van der Waals surface area (Å²) in [5.41, 5.74) is 0. The number of ether oxygens (including phenoxy) is 1. The summed E-state index contributed by atoms with van der Waals surface area (Å²) in [6.45, 7) is 6.91. The maximum Gasteiger partial charge on any atom is 0.323 e. The SMILES string of the molecule is CCC(C)C(NCc1cc(Br)c(C)s1)C(=O)OC. The second-order valence-corrected chi connectivity index (χ2v) is 6.58. The Bertz CT molecular complexity index is 386. The van der Waals surface area contributed by atoms with Gasteiger partial charge in [-0.15, -0.1) is 11.3 Å². The molecule has 0 amide bonds. The van der Waals surface area contributed by atoms with Gasteiger partial charge in [0.1, 0.15) is 6.04 Å². The lowest BCUT2D eigenvalue weighted by Crippen LogP contribution is -2.42. The molecular weight excluding hydrogens is 314 g/mol. The van der Waals surface area contributed by atoms with Gasteiger partial charge in [0.2, 0.25) is 0 Å². The van der Waals surface area contributed by atoms with Crippen LogP contribution in [0.25, 0.3) is 0 Å². The molecule has 2 atom stereocenters. The highest BCUT2D eigenvalue weighted by Crippen LogP contribution is 2.26. The number of hydrogen-bond acceptors (Lipinski definition) is 4. The van der Waals surface area contributed by atoms with Gasteiger partial charge in [-0.2, -0.15) is 0 Å². The van der Waals surface area contributed by atoms with Gasteiger partial charge in [-0.1, -0.05) is 20.3 Å². The minimum atomic E-state index is -0.235. The Hall–Kier alpha value is -0.390. The number of aryl methyl sites for hydroxylation is 1. The number of rotatable bonds is 6. The number of esters is 1. The van der Waals surface area contributed by atoms with Gasteiger partial charge in [-0.25, -0.2) is 0 Å². The van der Waals surface area contributed by atoms with E-state index in [2.05, 4.69) is 48.1 Å². The quantitative estimate of drug-likeness (QED) is 0.809. The Morgan fingerprint density at radius 1 is 1.61 bits per heavy atom. The normalized spacial score (nSPS) is 14.3. The van der Waals surface area contributed by atoms with Crippen LogP contribution in [0.15, 0.2) is 10.5 Å². The van der Waals surface area contributed by atoms with Gasteiger partial charge in [0, 0.05) is 20.8 Å². The summed E-state index contributed by atoms with van der Waals surface area (Å²) in [7, 11) is 1.44. The van der Waals surface area contributed by atoms with Gasteiger partial charge < -0.3 is 4.74 Å². The van der Waals surface area contributed by atoms with Crippen molar-refractivity contribution < 1.29 is 9.53 Å². The molecule has 3 nitrogen and oxygen atoms in total. The second-order valence-electron chi connectivity index (χ2n) is 4.38. The van der Waals surface area contributed by atoms with Crippen molar-refractivity contribution in [2.45, 2.75) is 39.8 Å². The Labute approximate surface area is 121 Å². The molecule has 2 unspecified atom stereocenters. The molecule has 0 aromatic carbocycles. The number of methoxy groups -OCH3 is 1. The Kier molecular flexibility index (Phi) is 6.32. The highest BCUT2D eigenvalue weighted by Gasteiger charge is 2.24. The second kappa shape index (κ2) is 7.26. The first-order chi connectivity index (χ1) is 8.49. The van der Waals surface area contributed by atoms with E-state index in [1.165, 1.54) is 16.9 Å². The van der Waals surface area contributed by atoms with E-state index in [1.807, 2.05) is 0 Å². The minimum Gasteiger partial charge on any atom is -0.468 e. The maximum absolute atomic E-state index is 11.7. The molecule has 18 heavy (non-hydrogen) atoms. The monoisotopic (exact) mass is 333 g/mol. The Balaban J connectivity index is 2.64. The average Bonchev–Trinajstić information content (AvgIpc) is 2.68. The van der Waals surface area contributed by atoms with Crippen LogP contribution in [-0.2, 0) is 16.1 Å². The van der Waals surface area contributed by atoms with Crippen molar-refractivity contribution in [1.29, 1.82) is 0 Å². The number of halogens is 1. The zero-order valence-corrected chi connectivity index (χ0v) is 13.7. The fourth-order valence-corrected chi connectivity index (χ4v) is 3.25. The molecule has 0 fully saturated rings. The number of carbonyl (C=O) groups is 1. The number of hydrogen-bond donors (Lipinski definition) is 1. The summed E-state index contributed by atoms with van der Waals surface area (Å²) < 4.78 is 5.97. The lowest BCUT2D eigenvalue weighted by Gasteiger charge is -2.21. The van der Waals surface area contributed by atoms with Gasteiger partial charge in [-0.3, -0.25) is 10.1 Å². The fourth-order valence-electron chi connectivity index (χ4n) is 1.69. The fraction of sp³-hybridized carbons (Fsp3) is 0.615. The van der Waals surface area contributed by atoms with E-state index in [-0.39, 0.29) is 17.9 Å². The molecule has 1 aromatic heterocycles. The summed E-state index contributed by atoms with van der Waals surface area (Å²) in [4.78, 5) is 14.2. The van der Waals surface area contributed by atoms with E-state index in [9.17, 15) is 4.79 Å². The van der Waals surface area contributed by atoms with E-state index in [0.29, 0.717) is 6.54 Å². The van der Waals surface area contributed by atoms with E-state index < -0.39 is 0 Å². The van der Waals surface area contributed by atoms with E-state index in [1.54, 1.807) is 11.3 Å². The highest BCUT2D eigenvalue weighted by atomic mass is 79.9. The average molecular weight is 334 g/mol. The molecule has 0 radical (unpaired) electrons. The molecule has 1 rings (SSSR count). The van der Waals surface area contributed by atoms with Crippen LogP contribution < -0.4 is 5.32 Å². The Morgan fingerprint density at radius 3 is 2.72 bits per heavy atom. The highest BCUT2D eigenvalue weighted by molar-refractivity contribution is 9.10. The smallest absolute Gasteiger partial charge is 0.323 e. The van der Waals surface area contributed by atoms with E-state index in [4.69, 9.17) is 4.74 Å². The van der Waals surface area contributed by atoms with E-state index >= 15 is 0 Å². The van der Waals surface area contributed by atoms with Crippen molar-refractivity contribution in [2.24, 2.45) is 5.92 Å². The Morgan fingerprint density at radius 2 is 2.28 bits per heavy atom. The van der Waals surface area contributed by atoms with Gasteiger partial charge in [0.15, 0.2) is 0 Å². The molecule has 0 saturated heterocycles. The summed E-state index contributed by atoms with van der Waals surface area (Å²) >= 11 is 5.23. The summed E-state index contributed by atoms with van der Waals surface area (Å²) in [6.07, 6.45) is 0.944. The predicted molar refractivity (Wildman–Crippen MR) is 78.9 cm³/mol. The van der Waals surface area contributed by atoms with Gasteiger partial charge in [-0.05, 0) is 34.8 Å². The van der Waals surface area contributed by atoms with Gasteiger partial charge in [0.25, 0.3) is 0 Å². The third-order valence-electron chi connectivity index (χ3n) is 3.07. The molecule has 1 heterocycles. The number of nitrogens with one attached hydrogen (secondary N) is 1. The molecule has 0 aliphatic rings. The molecule has 0 bridgehead atoms. The topological polar surface area (TPSA) is 38.3 Å². The molecule has 1 aromatic rings. The van der Waals surface area contributed by atoms with Crippen LogP contribution in [-0.4, -0.2) is 19.1 Å². The van der Waals surface area contributed by atoms with Crippen LogP contribution in [0.4, 0.5) is 0 Å². The molecule has 0 saturated carbocycles. The lowest BCUT2D eigenvalue weighted by molar-refractivity contribution is -0.144. The first-order valence-corrected chi connectivity index (χ1v) is 7.66. The maximum atomic E-state index is 11.7.